The predicted octanol–water partition coefficient (Wildman–Crippen LogP) is 3.18. The lowest BCUT2D eigenvalue weighted by Crippen LogP contribution is -2.02. The van der Waals surface area contributed by atoms with Gasteiger partial charge in [-0.3, -0.25) is 4.79 Å². The molecule has 120 valence electrons. The molecule has 2 N–H and O–H groups in total. The summed E-state index contributed by atoms with van der Waals surface area (Å²) in [5.74, 6) is 1.32. The second kappa shape index (κ2) is 7.33. The van der Waals surface area contributed by atoms with Gasteiger partial charge in [0.1, 0.15) is 0 Å². The molecule has 0 spiro atoms. The van der Waals surface area contributed by atoms with Crippen molar-refractivity contribution in [3.8, 4) is 0 Å². The minimum absolute atomic E-state index is 0.00286. The summed E-state index contributed by atoms with van der Waals surface area (Å²) in [6.07, 6.45) is 1.09. The summed E-state index contributed by atoms with van der Waals surface area (Å²) in [6.45, 7) is 2.12. The number of rotatable bonds is 7. The molecule has 0 bridgehead atoms. The molecule has 0 aliphatic heterocycles. The van der Waals surface area contributed by atoms with Crippen LogP contribution < -0.4 is 5.69 Å². The highest BCUT2D eigenvalue weighted by molar-refractivity contribution is 8.03. The van der Waals surface area contributed by atoms with E-state index in [1.807, 2.05) is 0 Å². The van der Waals surface area contributed by atoms with Crippen LogP contribution in [0.1, 0.15) is 23.7 Å². The quantitative estimate of drug-likeness (QED) is 0.493. The van der Waals surface area contributed by atoms with Gasteiger partial charge in [-0.25, -0.2) is 4.79 Å². The number of thioether (sulfide) groups is 2. The van der Waals surface area contributed by atoms with Crippen molar-refractivity contribution in [2.24, 2.45) is 0 Å². The van der Waals surface area contributed by atoms with Crippen LogP contribution in [-0.2, 0) is 0 Å². The van der Waals surface area contributed by atoms with Crippen LogP contribution in [0.2, 0.25) is 0 Å². The average molecular weight is 366 g/mol. The summed E-state index contributed by atoms with van der Waals surface area (Å²) >= 11 is 4.59. The van der Waals surface area contributed by atoms with Gasteiger partial charge in [0.05, 0.1) is 16.8 Å². The van der Waals surface area contributed by atoms with E-state index in [0.717, 1.165) is 20.9 Å². The number of aromatic amines is 2. The van der Waals surface area contributed by atoms with Gasteiger partial charge >= 0.3 is 5.69 Å². The minimum atomic E-state index is -0.273. The summed E-state index contributed by atoms with van der Waals surface area (Å²) in [5, 5.41) is 8.20. The lowest BCUT2D eigenvalue weighted by Gasteiger charge is -1.99. The number of carbonyl (C=O) groups excluding carboxylic acids is 1. The minimum Gasteiger partial charge on any atom is -0.306 e. The van der Waals surface area contributed by atoms with Crippen LogP contribution in [0.4, 0.5) is 0 Å². The van der Waals surface area contributed by atoms with Crippen LogP contribution in [-0.4, -0.2) is 37.5 Å². The van der Waals surface area contributed by atoms with Gasteiger partial charge in [-0.1, -0.05) is 41.8 Å². The standard InChI is InChI=1S/C14H14N4O2S3/c1-2-5-21-13-17-18-14(23-13)22-7-11(19)8-3-4-9-10(6-8)16-12(20)15-9/h3-4,6H,2,5,7H2,1H3,(H2,15,16,20). The Morgan fingerprint density at radius 3 is 2.70 bits per heavy atom. The summed E-state index contributed by atoms with van der Waals surface area (Å²) in [5.41, 5.74) is 1.64. The fraction of sp³-hybridized carbons (Fsp3) is 0.286. The van der Waals surface area contributed by atoms with Crippen molar-refractivity contribution in [3.63, 3.8) is 0 Å². The number of Topliss-reactive ketones (excluding diaryl/α,β-unsaturated/α-hetero) is 1. The monoisotopic (exact) mass is 366 g/mol. The number of benzene rings is 1. The first-order valence-electron chi connectivity index (χ1n) is 7.00. The highest BCUT2D eigenvalue weighted by Crippen LogP contribution is 2.29. The molecule has 9 heteroatoms. The number of nitrogens with zero attached hydrogens (tertiary/aromatic N) is 2. The fourth-order valence-electron chi connectivity index (χ4n) is 1.92. The molecule has 0 aliphatic carbocycles. The molecule has 0 radical (unpaired) electrons. The molecule has 2 aromatic heterocycles. The Balaban J connectivity index is 1.63. The third-order valence-corrected chi connectivity index (χ3v) is 6.38. The van der Waals surface area contributed by atoms with Crippen molar-refractivity contribution in [1.82, 2.24) is 20.2 Å². The van der Waals surface area contributed by atoms with Gasteiger partial charge in [0, 0.05) is 11.3 Å². The lowest BCUT2D eigenvalue weighted by atomic mass is 10.1. The molecule has 2 heterocycles. The van der Waals surface area contributed by atoms with E-state index in [-0.39, 0.29) is 11.5 Å². The van der Waals surface area contributed by atoms with Crippen LogP contribution >= 0.6 is 34.9 Å². The molecule has 3 rings (SSSR count). The Morgan fingerprint density at radius 1 is 1.17 bits per heavy atom. The van der Waals surface area contributed by atoms with Crippen molar-refractivity contribution in [1.29, 1.82) is 0 Å². The molecule has 0 amide bonds. The van der Waals surface area contributed by atoms with Gasteiger partial charge in [0.25, 0.3) is 0 Å². The summed E-state index contributed by atoms with van der Waals surface area (Å²) in [7, 11) is 0. The van der Waals surface area contributed by atoms with E-state index in [4.69, 9.17) is 0 Å². The maximum atomic E-state index is 12.3. The Bertz CT molecular complexity index is 883. The van der Waals surface area contributed by atoms with E-state index >= 15 is 0 Å². The van der Waals surface area contributed by atoms with Gasteiger partial charge in [-0.05, 0) is 24.6 Å². The Hall–Kier alpha value is -1.58. The molecule has 0 aliphatic rings. The van der Waals surface area contributed by atoms with Crippen LogP contribution in [0.25, 0.3) is 11.0 Å². The smallest absolute Gasteiger partial charge is 0.306 e. The van der Waals surface area contributed by atoms with Crippen molar-refractivity contribution >= 4 is 51.7 Å². The number of ketones is 1. The van der Waals surface area contributed by atoms with E-state index in [2.05, 4.69) is 27.1 Å². The van der Waals surface area contributed by atoms with E-state index in [9.17, 15) is 9.59 Å². The maximum Gasteiger partial charge on any atom is 0.323 e. The van der Waals surface area contributed by atoms with Gasteiger partial charge in [-0.15, -0.1) is 10.2 Å². The van der Waals surface area contributed by atoms with E-state index in [1.54, 1.807) is 30.0 Å². The molecule has 1 aromatic carbocycles. The Labute approximate surface area is 144 Å². The van der Waals surface area contributed by atoms with Crippen LogP contribution in [0, 0.1) is 0 Å². The van der Waals surface area contributed by atoms with Gasteiger partial charge in [0.15, 0.2) is 14.5 Å². The van der Waals surface area contributed by atoms with E-state index in [1.165, 1.54) is 23.1 Å². The predicted molar refractivity (Wildman–Crippen MR) is 94.9 cm³/mol. The number of hydrogen-bond donors (Lipinski definition) is 2. The number of fused-ring (bicyclic) bond motifs is 1. The zero-order valence-electron chi connectivity index (χ0n) is 12.3. The molecule has 6 nitrogen and oxygen atoms in total. The maximum absolute atomic E-state index is 12.3. The Morgan fingerprint density at radius 2 is 1.91 bits per heavy atom. The second-order valence-corrected chi connectivity index (χ2v) is 8.28. The second-order valence-electron chi connectivity index (χ2n) is 4.73. The normalized spacial score (nSPS) is 11.2. The first kappa shape index (κ1) is 16.3. The van der Waals surface area contributed by atoms with E-state index < -0.39 is 0 Å². The van der Waals surface area contributed by atoms with Crippen LogP contribution in [0.15, 0.2) is 31.7 Å². The number of nitrogens with one attached hydrogen (secondary N) is 2. The number of hydrogen-bond acceptors (Lipinski definition) is 7. The molecular formula is C14H14N4O2S3. The zero-order valence-corrected chi connectivity index (χ0v) is 14.7. The molecule has 0 atom stereocenters. The first-order chi connectivity index (χ1) is 11.2. The molecule has 0 saturated heterocycles. The molecule has 0 unspecified atom stereocenters. The SMILES string of the molecule is CCCSc1nnc(SCC(=O)c2ccc3[nH]c(=O)[nH]c3c2)s1. The van der Waals surface area contributed by atoms with Crippen LogP contribution in [0.5, 0.6) is 0 Å². The first-order valence-corrected chi connectivity index (χ1v) is 9.79. The highest BCUT2D eigenvalue weighted by atomic mass is 32.2. The third-order valence-electron chi connectivity index (χ3n) is 2.98. The number of imidazole rings is 1. The fourth-order valence-corrected chi connectivity index (χ4v) is 4.76. The number of H-pyrrole nitrogens is 2. The highest BCUT2D eigenvalue weighted by Gasteiger charge is 2.11. The largest absolute Gasteiger partial charge is 0.323 e. The molecular weight excluding hydrogens is 352 g/mol. The van der Waals surface area contributed by atoms with Gasteiger partial charge in [0.2, 0.25) is 0 Å². The Kier molecular flexibility index (Phi) is 5.19. The molecule has 0 saturated carbocycles. The number of aromatic nitrogens is 4. The summed E-state index contributed by atoms with van der Waals surface area (Å²) < 4.78 is 1.74. The average Bonchev–Trinajstić information content (AvgIpc) is 3.14. The van der Waals surface area contributed by atoms with Crippen molar-refractivity contribution in [2.45, 2.75) is 22.0 Å². The van der Waals surface area contributed by atoms with Crippen molar-refractivity contribution in [3.05, 3.63) is 34.2 Å². The molecule has 0 fully saturated rings. The van der Waals surface area contributed by atoms with Gasteiger partial charge < -0.3 is 9.97 Å². The molecule has 3 aromatic rings. The van der Waals surface area contributed by atoms with Gasteiger partial charge in [-0.2, -0.15) is 0 Å². The third kappa shape index (κ3) is 4.04. The lowest BCUT2D eigenvalue weighted by molar-refractivity contribution is 0.102. The number of carbonyl (C=O) groups is 1. The van der Waals surface area contributed by atoms with Crippen LogP contribution in [0.3, 0.4) is 0 Å². The summed E-state index contributed by atoms with van der Waals surface area (Å²) in [6, 6.07) is 5.14. The van der Waals surface area contributed by atoms with Crippen molar-refractivity contribution < 1.29 is 4.79 Å². The topological polar surface area (TPSA) is 91.5 Å². The van der Waals surface area contributed by atoms with Crippen molar-refractivity contribution in [2.75, 3.05) is 11.5 Å². The zero-order chi connectivity index (χ0) is 16.2. The van der Waals surface area contributed by atoms with E-state index in [0.29, 0.717) is 22.3 Å². The summed E-state index contributed by atoms with van der Waals surface area (Å²) in [4.78, 5) is 28.8. The molecule has 23 heavy (non-hydrogen) atoms.